The van der Waals surface area contributed by atoms with Crippen LogP contribution in [0, 0.1) is 5.41 Å². The summed E-state index contributed by atoms with van der Waals surface area (Å²) in [5.41, 5.74) is 6.54. The maximum atomic E-state index is 2.33. The van der Waals surface area contributed by atoms with Gasteiger partial charge in [-0.15, -0.1) is 0 Å². The molecule has 0 amide bonds. The molecule has 12 heavy (non-hydrogen) atoms. The van der Waals surface area contributed by atoms with E-state index >= 15 is 0 Å². The molecule has 0 radical (unpaired) electrons. The zero-order chi connectivity index (χ0) is 9.52. The number of hydrogen-bond donors (Lipinski definition) is 0. The summed E-state index contributed by atoms with van der Waals surface area (Å²) >= 11 is 0. The fraction of sp³-hybridized carbons (Fsp3) is 0.667. The number of hydrogen-bond acceptors (Lipinski definition) is 0. The molecular formula is C12H20. The molecule has 0 aliphatic heterocycles. The first-order valence-electron chi connectivity index (χ1n) is 4.81. The summed E-state index contributed by atoms with van der Waals surface area (Å²) in [6.45, 7) is 13.7. The molecule has 0 spiro atoms. The van der Waals surface area contributed by atoms with Gasteiger partial charge in [0.1, 0.15) is 0 Å². The Hall–Kier alpha value is -0.520. The van der Waals surface area contributed by atoms with Crippen molar-refractivity contribution in [2.75, 3.05) is 0 Å². The van der Waals surface area contributed by atoms with Crippen LogP contribution in [0.2, 0.25) is 0 Å². The van der Waals surface area contributed by atoms with Gasteiger partial charge in [0, 0.05) is 5.41 Å². The molecule has 68 valence electrons. The Labute approximate surface area is 76.4 Å². The summed E-state index contributed by atoms with van der Waals surface area (Å²) < 4.78 is 0. The molecule has 0 aromatic rings. The van der Waals surface area contributed by atoms with Gasteiger partial charge in [0.25, 0.3) is 0 Å². The zero-order valence-corrected chi connectivity index (χ0v) is 9.21. The maximum Gasteiger partial charge on any atom is 0.00727 e. The van der Waals surface area contributed by atoms with Crippen LogP contribution in [0.1, 0.15) is 48.0 Å². The van der Waals surface area contributed by atoms with E-state index in [0.29, 0.717) is 5.41 Å². The molecule has 0 N–H and O–H groups in total. The molecule has 0 heteroatoms. The normalized spacial score (nSPS) is 22.5. The average molecular weight is 164 g/mol. The molecule has 0 bridgehead atoms. The third-order valence-electron chi connectivity index (χ3n) is 3.62. The molecule has 1 aliphatic carbocycles. The molecule has 0 saturated heterocycles. The van der Waals surface area contributed by atoms with Crippen LogP contribution in [0.25, 0.3) is 0 Å². The van der Waals surface area contributed by atoms with Gasteiger partial charge < -0.3 is 0 Å². The van der Waals surface area contributed by atoms with Crippen LogP contribution in [0.15, 0.2) is 22.3 Å². The lowest BCUT2D eigenvalue weighted by atomic mass is 9.80. The summed E-state index contributed by atoms with van der Waals surface area (Å²) in [5, 5.41) is 0. The van der Waals surface area contributed by atoms with Gasteiger partial charge in [-0.2, -0.15) is 0 Å². The highest BCUT2D eigenvalue weighted by atomic mass is 14.4. The molecule has 0 aromatic heterocycles. The predicted molar refractivity (Wildman–Crippen MR) is 55.1 cm³/mol. The van der Waals surface area contributed by atoms with Crippen molar-refractivity contribution in [1.29, 1.82) is 0 Å². The standard InChI is InChI=1S/C12H20/c1-7-11-9(3)8(2)10(4)12(11,5)6/h7H2,1-6H3. The number of rotatable bonds is 1. The van der Waals surface area contributed by atoms with E-state index in [4.69, 9.17) is 0 Å². The SMILES string of the molecule is CCC1=C(C)C(C)=C(C)C1(C)C. The second kappa shape index (κ2) is 2.76. The Morgan fingerprint density at radius 1 is 1.00 bits per heavy atom. The first kappa shape index (κ1) is 9.57. The van der Waals surface area contributed by atoms with Crippen molar-refractivity contribution < 1.29 is 0 Å². The number of allylic oxidation sites excluding steroid dienone is 4. The van der Waals surface area contributed by atoms with Gasteiger partial charge in [0.05, 0.1) is 0 Å². The van der Waals surface area contributed by atoms with E-state index in [1.165, 1.54) is 17.6 Å². The minimum atomic E-state index is 0.322. The lowest BCUT2D eigenvalue weighted by molar-refractivity contribution is 0.530. The van der Waals surface area contributed by atoms with Crippen LogP contribution >= 0.6 is 0 Å². The molecule has 1 rings (SSSR count). The quantitative estimate of drug-likeness (QED) is 0.547. The molecule has 0 aromatic carbocycles. The lowest BCUT2D eigenvalue weighted by Gasteiger charge is -2.24. The lowest BCUT2D eigenvalue weighted by Crippen LogP contribution is -2.12. The molecule has 0 atom stereocenters. The van der Waals surface area contributed by atoms with Crippen LogP contribution in [0.3, 0.4) is 0 Å². The van der Waals surface area contributed by atoms with Gasteiger partial charge in [0.15, 0.2) is 0 Å². The van der Waals surface area contributed by atoms with Crippen LogP contribution in [-0.2, 0) is 0 Å². The second-order valence-electron chi connectivity index (χ2n) is 4.33. The highest BCUT2D eigenvalue weighted by molar-refractivity contribution is 5.49. The average Bonchev–Trinajstić information content (AvgIpc) is 2.13. The Bertz CT molecular complexity index is 262. The first-order chi connectivity index (χ1) is 5.42. The minimum Gasteiger partial charge on any atom is -0.0616 e. The Morgan fingerprint density at radius 3 is 1.67 bits per heavy atom. The summed E-state index contributed by atoms with van der Waals surface area (Å²) in [6, 6.07) is 0. The Kier molecular flexibility index (Phi) is 2.20. The van der Waals surface area contributed by atoms with Crippen LogP contribution < -0.4 is 0 Å². The predicted octanol–water partition coefficient (Wildman–Crippen LogP) is 4.09. The topological polar surface area (TPSA) is 0 Å². The Morgan fingerprint density at radius 2 is 1.50 bits per heavy atom. The van der Waals surface area contributed by atoms with Gasteiger partial charge in [0.2, 0.25) is 0 Å². The molecule has 0 saturated carbocycles. The largest absolute Gasteiger partial charge is 0.0616 e. The van der Waals surface area contributed by atoms with Crippen molar-refractivity contribution in [2.24, 2.45) is 5.41 Å². The van der Waals surface area contributed by atoms with Gasteiger partial charge in [-0.1, -0.05) is 31.9 Å². The molecule has 1 aliphatic rings. The van der Waals surface area contributed by atoms with Gasteiger partial charge >= 0.3 is 0 Å². The smallest absolute Gasteiger partial charge is 0.00727 e. The summed E-state index contributed by atoms with van der Waals surface area (Å²) in [5.74, 6) is 0. The third kappa shape index (κ3) is 1.05. The van der Waals surface area contributed by atoms with Crippen molar-refractivity contribution in [2.45, 2.75) is 48.0 Å². The van der Waals surface area contributed by atoms with E-state index in [-0.39, 0.29) is 0 Å². The molecular weight excluding hydrogens is 144 g/mol. The van der Waals surface area contributed by atoms with Crippen molar-refractivity contribution in [3.63, 3.8) is 0 Å². The van der Waals surface area contributed by atoms with E-state index in [9.17, 15) is 0 Å². The first-order valence-corrected chi connectivity index (χ1v) is 4.81. The van der Waals surface area contributed by atoms with E-state index in [2.05, 4.69) is 41.5 Å². The van der Waals surface area contributed by atoms with Crippen LogP contribution in [0.4, 0.5) is 0 Å². The fourth-order valence-electron chi connectivity index (χ4n) is 2.38. The van der Waals surface area contributed by atoms with Gasteiger partial charge in [-0.3, -0.25) is 0 Å². The van der Waals surface area contributed by atoms with E-state index in [1.807, 2.05) is 0 Å². The molecule has 0 fully saturated rings. The van der Waals surface area contributed by atoms with Gasteiger partial charge in [-0.25, -0.2) is 0 Å². The molecule has 0 heterocycles. The van der Waals surface area contributed by atoms with E-state index < -0.39 is 0 Å². The van der Waals surface area contributed by atoms with Crippen molar-refractivity contribution >= 4 is 0 Å². The third-order valence-corrected chi connectivity index (χ3v) is 3.62. The second-order valence-corrected chi connectivity index (χ2v) is 4.33. The highest BCUT2D eigenvalue weighted by Gasteiger charge is 2.32. The zero-order valence-electron chi connectivity index (χ0n) is 9.21. The monoisotopic (exact) mass is 164 g/mol. The van der Waals surface area contributed by atoms with Crippen molar-refractivity contribution in [3.05, 3.63) is 22.3 Å². The molecule has 0 nitrogen and oxygen atoms in total. The van der Waals surface area contributed by atoms with Gasteiger partial charge in [-0.05, 0) is 38.3 Å². The minimum absolute atomic E-state index is 0.322. The fourth-order valence-corrected chi connectivity index (χ4v) is 2.38. The van der Waals surface area contributed by atoms with E-state index in [0.717, 1.165) is 0 Å². The maximum absolute atomic E-state index is 2.33. The van der Waals surface area contributed by atoms with Crippen molar-refractivity contribution in [1.82, 2.24) is 0 Å². The Balaban J connectivity index is 3.23. The summed E-state index contributed by atoms with van der Waals surface area (Å²) in [7, 11) is 0. The summed E-state index contributed by atoms with van der Waals surface area (Å²) in [4.78, 5) is 0. The van der Waals surface area contributed by atoms with Crippen LogP contribution in [-0.4, -0.2) is 0 Å². The van der Waals surface area contributed by atoms with E-state index in [1.54, 1.807) is 11.1 Å². The highest BCUT2D eigenvalue weighted by Crippen LogP contribution is 2.47. The molecule has 0 unspecified atom stereocenters. The van der Waals surface area contributed by atoms with Crippen LogP contribution in [0.5, 0.6) is 0 Å². The van der Waals surface area contributed by atoms with Crippen molar-refractivity contribution in [3.8, 4) is 0 Å². The summed E-state index contributed by atoms with van der Waals surface area (Å²) in [6.07, 6.45) is 1.19.